The lowest BCUT2D eigenvalue weighted by atomic mass is 10.1. The van der Waals surface area contributed by atoms with Crippen molar-refractivity contribution in [3.8, 4) is 0 Å². The van der Waals surface area contributed by atoms with Crippen LogP contribution in [0.25, 0.3) is 0 Å². The van der Waals surface area contributed by atoms with Crippen LogP contribution in [0.4, 0.5) is 0 Å². The van der Waals surface area contributed by atoms with Gasteiger partial charge in [0.2, 0.25) is 0 Å². The van der Waals surface area contributed by atoms with E-state index in [9.17, 15) is 0 Å². The molecule has 0 aliphatic rings. The van der Waals surface area contributed by atoms with E-state index in [4.69, 9.17) is 4.42 Å². The van der Waals surface area contributed by atoms with E-state index in [1.54, 1.807) is 0 Å². The van der Waals surface area contributed by atoms with E-state index in [0.29, 0.717) is 6.04 Å². The molecule has 3 nitrogen and oxygen atoms in total. The molecule has 2 N–H and O–H groups in total. The van der Waals surface area contributed by atoms with Crippen LogP contribution in [0.15, 0.2) is 4.42 Å². The summed E-state index contributed by atoms with van der Waals surface area (Å²) in [5.41, 5.74) is 2.59. The van der Waals surface area contributed by atoms with E-state index < -0.39 is 0 Å². The fourth-order valence-electron chi connectivity index (χ4n) is 1.95. The molecule has 17 heavy (non-hydrogen) atoms. The van der Waals surface area contributed by atoms with Crippen molar-refractivity contribution < 1.29 is 4.42 Å². The van der Waals surface area contributed by atoms with E-state index in [1.165, 1.54) is 17.5 Å². The van der Waals surface area contributed by atoms with Crippen molar-refractivity contribution >= 4 is 0 Å². The maximum atomic E-state index is 5.62. The van der Waals surface area contributed by atoms with E-state index in [1.807, 2.05) is 13.8 Å². The molecule has 0 aliphatic carbocycles. The molecular weight excluding hydrogens is 212 g/mol. The first-order valence-electron chi connectivity index (χ1n) is 6.55. The molecule has 1 aromatic heterocycles. The standard InChI is InChI=1S/C14H26N2O/c1-6-7-15-8-10(2)16-9-14-11(3)12(4)17-13(14)5/h10,15-16H,6-9H2,1-5H3. The van der Waals surface area contributed by atoms with E-state index in [2.05, 4.69) is 31.4 Å². The van der Waals surface area contributed by atoms with Gasteiger partial charge in [0.05, 0.1) is 0 Å². The third-order valence-corrected chi connectivity index (χ3v) is 3.22. The molecule has 1 unspecified atom stereocenters. The van der Waals surface area contributed by atoms with Crippen molar-refractivity contribution in [2.45, 2.75) is 53.6 Å². The van der Waals surface area contributed by atoms with Gasteiger partial charge in [-0.05, 0) is 46.2 Å². The molecular formula is C14H26N2O. The molecule has 1 aromatic rings. The first-order chi connectivity index (χ1) is 8.06. The largest absolute Gasteiger partial charge is 0.466 e. The maximum absolute atomic E-state index is 5.62. The Morgan fingerprint density at radius 3 is 2.41 bits per heavy atom. The number of hydrogen-bond donors (Lipinski definition) is 2. The van der Waals surface area contributed by atoms with Gasteiger partial charge in [0, 0.05) is 24.7 Å². The number of rotatable bonds is 7. The molecule has 1 atom stereocenters. The average Bonchev–Trinajstić information content (AvgIpc) is 2.51. The molecule has 98 valence electrons. The van der Waals surface area contributed by atoms with Crippen molar-refractivity contribution in [3.63, 3.8) is 0 Å². The van der Waals surface area contributed by atoms with Gasteiger partial charge in [0.15, 0.2) is 0 Å². The van der Waals surface area contributed by atoms with Gasteiger partial charge in [0.1, 0.15) is 11.5 Å². The van der Waals surface area contributed by atoms with Crippen LogP contribution in [-0.2, 0) is 6.54 Å². The fraction of sp³-hybridized carbons (Fsp3) is 0.714. The number of hydrogen-bond acceptors (Lipinski definition) is 3. The molecule has 0 spiro atoms. The lowest BCUT2D eigenvalue weighted by Gasteiger charge is -2.14. The van der Waals surface area contributed by atoms with Crippen molar-refractivity contribution in [1.29, 1.82) is 0 Å². The Hall–Kier alpha value is -0.800. The summed E-state index contributed by atoms with van der Waals surface area (Å²) in [6.45, 7) is 13.6. The van der Waals surface area contributed by atoms with Crippen LogP contribution in [0.1, 0.15) is 42.9 Å². The molecule has 1 heterocycles. The van der Waals surface area contributed by atoms with Crippen LogP contribution in [0.2, 0.25) is 0 Å². The van der Waals surface area contributed by atoms with Crippen LogP contribution in [0, 0.1) is 20.8 Å². The normalized spacial score (nSPS) is 13.0. The second-order valence-corrected chi connectivity index (χ2v) is 4.80. The summed E-state index contributed by atoms with van der Waals surface area (Å²) >= 11 is 0. The Labute approximate surface area is 105 Å². The van der Waals surface area contributed by atoms with E-state index in [0.717, 1.165) is 31.2 Å². The van der Waals surface area contributed by atoms with Gasteiger partial charge in [-0.2, -0.15) is 0 Å². The zero-order valence-electron chi connectivity index (χ0n) is 11.8. The van der Waals surface area contributed by atoms with Crippen LogP contribution in [0.3, 0.4) is 0 Å². The molecule has 0 saturated heterocycles. The van der Waals surface area contributed by atoms with E-state index in [-0.39, 0.29) is 0 Å². The van der Waals surface area contributed by atoms with Crippen LogP contribution in [-0.4, -0.2) is 19.1 Å². The van der Waals surface area contributed by atoms with Gasteiger partial charge in [-0.3, -0.25) is 0 Å². The number of furan rings is 1. The topological polar surface area (TPSA) is 37.2 Å². The second kappa shape index (κ2) is 6.82. The molecule has 0 aliphatic heterocycles. The van der Waals surface area contributed by atoms with Crippen molar-refractivity contribution in [2.75, 3.05) is 13.1 Å². The minimum Gasteiger partial charge on any atom is -0.466 e. The highest BCUT2D eigenvalue weighted by Crippen LogP contribution is 2.20. The van der Waals surface area contributed by atoms with Gasteiger partial charge in [-0.1, -0.05) is 6.92 Å². The highest BCUT2D eigenvalue weighted by molar-refractivity contribution is 5.31. The summed E-state index contributed by atoms with van der Waals surface area (Å²) in [5.74, 6) is 2.08. The number of nitrogens with one attached hydrogen (secondary N) is 2. The van der Waals surface area contributed by atoms with Gasteiger partial charge in [-0.15, -0.1) is 0 Å². The molecule has 0 amide bonds. The Morgan fingerprint density at radius 1 is 1.18 bits per heavy atom. The van der Waals surface area contributed by atoms with Gasteiger partial charge < -0.3 is 15.1 Å². The summed E-state index contributed by atoms with van der Waals surface area (Å²) in [4.78, 5) is 0. The maximum Gasteiger partial charge on any atom is 0.105 e. The zero-order chi connectivity index (χ0) is 12.8. The Bertz CT molecular complexity index is 344. The summed E-state index contributed by atoms with van der Waals surface area (Å²) in [6.07, 6.45) is 1.19. The smallest absolute Gasteiger partial charge is 0.105 e. The molecule has 3 heteroatoms. The minimum absolute atomic E-state index is 0.482. The van der Waals surface area contributed by atoms with Gasteiger partial charge in [0.25, 0.3) is 0 Å². The Morgan fingerprint density at radius 2 is 1.88 bits per heavy atom. The summed E-state index contributed by atoms with van der Waals surface area (Å²) < 4.78 is 5.62. The highest BCUT2D eigenvalue weighted by atomic mass is 16.3. The average molecular weight is 238 g/mol. The first-order valence-corrected chi connectivity index (χ1v) is 6.55. The lowest BCUT2D eigenvalue weighted by molar-refractivity contribution is 0.483. The molecule has 1 rings (SSSR count). The Balaban J connectivity index is 2.39. The molecule has 0 bridgehead atoms. The van der Waals surface area contributed by atoms with Crippen molar-refractivity contribution in [2.24, 2.45) is 0 Å². The zero-order valence-corrected chi connectivity index (χ0v) is 11.8. The summed E-state index contributed by atoms with van der Waals surface area (Å²) in [7, 11) is 0. The monoisotopic (exact) mass is 238 g/mol. The fourth-order valence-corrected chi connectivity index (χ4v) is 1.95. The minimum atomic E-state index is 0.482. The summed E-state index contributed by atoms with van der Waals surface area (Å²) in [6, 6.07) is 0.482. The van der Waals surface area contributed by atoms with Crippen LogP contribution in [0.5, 0.6) is 0 Å². The third-order valence-electron chi connectivity index (χ3n) is 3.22. The summed E-state index contributed by atoms with van der Waals surface area (Å²) in [5, 5.41) is 6.95. The molecule has 0 fully saturated rings. The lowest BCUT2D eigenvalue weighted by Crippen LogP contribution is -2.36. The second-order valence-electron chi connectivity index (χ2n) is 4.80. The van der Waals surface area contributed by atoms with Crippen LogP contribution < -0.4 is 10.6 Å². The van der Waals surface area contributed by atoms with Crippen LogP contribution >= 0.6 is 0 Å². The molecule has 0 radical (unpaired) electrons. The molecule has 0 saturated carbocycles. The first kappa shape index (κ1) is 14.3. The van der Waals surface area contributed by atoms with Gasteiger partial charge >= 0.3 is 0 Å². The predicted molar refractivity (Wildman–Crippen MR) is 72.4 cm³/mol. The predicted octanol–water partition coefficient (Wildman–Crippen LogP) is 2.68. The number of aryl methyl sites for hydroxylation is 2. The van der Waals surface area contributed by atoms with Crippen molar-refractivity contribution in [3.05, 3.63) is 22.6 Å². The SMILES string of the molecule is CCCNCC(C)NCc1c(C)oc(C)c1C. The highest BCUT2D eigenvalue weighted by Gasteiger charge is 2.11. The van der Waals surface area contributed by atoms with Crippen molar-refractivity contribution in [1.82, 2.24) is 10.6 Å². The quantitative estimate of drug-likeness (QED) is 0.717. The molecule has 0 aromatic carbocycles. The third kappa shape index (κ3) is 4.17. The van der Waals surface area contributed by atoms with E-state index >= 15 is 0 Å². The Kier molecular flexibility index (Phi) is 5.72. The van der Waals surface area contributed by atoms with Gasteiger partial charge in [-0.25, -0.2) is 0 Å².